The number of hydrogen-bond donors (Lipinski definition) is 1. The van der Waals surface area contributed by atoms with Crippen LogP contribution in [-0.4, -0.2) is 20.1 Å². The molecule has 0 atom stereocenters. The van der Waals surface area contributed by atoms with Crippen molar-refractivity contribution in [1.82, 2.24) is 0 Å². The van der Waals surface area contributed by atoms with Crippen LogP contribution in [0, 0.1) is 0 Å². The van der Waals surface area contributed by atoms with Gasteiger partial charge in [0.25, 0.3) is 5.91 Å². The largest absolute Gasteiger partial charge is 0.493 e. The highest BCUT2D eigenvalue weighted by Gasteiger charge is 2.17. The summed E-state index contributed by atoms with van der Waals surface area (Å²) in [6, 6.07) is 9.90. The third-order valence-electron chi connectivity index (χ3n) is 2.83. The van der Waals surface area contributed by atoms with E-state index in [4.69, 9.17) is 32.7 Å². The van der Waals surface area contributed by atoms with E-state index >= 15 is 0 Å². The van der Waals surface area contributed by atoms with E-state index in [1.807, 2.05) is 0 Å². The Morgan fingerprint density at radius 1 is 1.10 bits per heavy atom. The summed E-state index contributed by atoms with van der Waals surface area (Å²) in [7, 11) is 2.99. The third kappa shape index (κ3) is 3.40. The maximum absolute atomic E-state index is 12.4. The van der Waals surface area contributed by atoms with Crippen molar-refractivity contribution < 1.29 is 14.3 Å². The molecule has 0 aliphatic rings. The molecule has 0 saturated heterocycles. The van der Waals surface area contributed by atoms with Gasteiger partial charge in [0.1, 0.15) is 0 Å². The van der Waals surface area contributed by atoms with E-state index in [0.717, 1.165) is 0 Å². The van der Waals surface area contributed by atoms with E-state index in [1.165, 1.54) is 14.2 Å². The molecule has 0 heterocycles. The molecular formula is C15H13Cl2NO3. The molecule has 0 radical (unpaired) electrons. The van der Waals surface area contributed by atoms with Gasteiger partial charge in [-0.3, -0.25) is 4.79 Å². The number of carbonyl (C=O) groups is 1. The topological polar surface area (TPSA) is 47.6 Å². The first kappa shape index (κ1) is 15.5. The average Bonchev–Trinajstić information content (AvgIpc) is 2.49. The second-order valence-corrected chi connectivity index (χ2v) is 4.96. The molecule has 1 N–H and O–H groups in total. The summed E-state index contributed by atoms with van der Waals surface area (Å²) in [6.45, 7) is 0. The first-order valence-electron chi connectivity index (χ1n) is 6.04. The van der Waals surface area contributed by atoms with E-state index in [9.17, 15) is 4.79 Å². The molecule has 0 aliphatic heterocycles. The van der Waals surface area contributed by atoms with Gasteiger partial charge in [0.15, 0.2) is 11.5 Å². The van der Waals surface area contributed by atoms with Crippen LogP contribution in [0.2, 0.25) is 10.0 Å². The van der Waals surface area contributed by atoms with Crippen molar-refractivity contribution in [2.45, 2.75) is 0 Å². The van der Waals surface area contributed by atoms with E-state index in [1.54, 1.807) is 36.4 Å². The number of methoxy groups -OCH3 is 2. The van der Waals surface area contributed by atoms with Gasteiger partial charge in [0.05, 0.1) is 30.5 Å². The number of benzene rings is 2. The van der Waals surface area contributed by atoms with Crippen molar-refractivity contribution in [2.75, 3.05) is 19.5 Å². The Hall–Kier alpha value is -1.91. The molecular weight excluding hydrogens is 313 g/mol. The Labute approximate surface area is 132 Å². The highest BCUT2D eigenvalue weighted by molar-refractivity contribution is 6.36. The number of rotatable bonds is 4. The second-order valence-electron chi connectivity index (χ2n) is 4.12. The molecule has 0 saturated carbocycles. The van der Waals surface area contributed by atoms with E-state index in [2.05, 4.69) is 5.32 Å². The standard InChI is InChI=1S/C15H13Cl2NO3/c1-20-13-5-3-4-10(14(13)21-2)15(19)18-12-7-6-9(16)8-11(12)17/h3-8H,1-2H3,(H,18,19). The van der Waals surface area contributed by atoms with Gasteiger partial charge in [-0.25, -0.2) is 0 Å². The van der Waals surface area contributed by atoms with Crippen LogP contribution in [0.1, 0.15) is 10.4 Å². The summed E-state index contributed by atoms with van der Waals surface area (Å²) in [5.41, 5.74) is 0.818. The number of nitrogens with one attached hydrogen (secondary N) is 1. The summed E-state index contributed by atoms with van der Waals surface area (Å²) >= 11 is 11.9. The first-order valence-corrected chi connectivity index (χ1v) is 6.79. The predicted octanol–water partition coefficient (Wildman–Crippen LogP) is 4.26. The molecule has 2 rings (SSSR count). The lowest BCUT2D eigenvalue weighted by atomic mass is 10.1. The van der Waals surface area contributed by atoms with Crippen LogP contribution in [-0.2, 0) is 0 Å². The van der Waals surface area contributed by atoms with Crippen molar-refractivity contribution in [3.63, 3.8) is 0 Å². The first-order chi connectivity index (χ1) is 10.1. The summed E-state index contributed by atoms with van der Waals surface area (Å²) < 4.78 is 10.4. The van der Waals surface area contributed by atoms with Crippen LogP contribution in [0.15, 0.2) is 36.4 Å². The summed E-state index contributed by atoms with van der Waals surface area (Å²) in [5.74, 6) is 0.491. The number of anilines is 1. The Balaban J connectivity index is 2.32. The number of amides is 1. The van der Waals surface area contributed by atoms with Gasteiger partial charge in [0, 0.05) is 5.02 Å². The zero-order valence-electron chi connectivity index (χ0n) is 11.4. The van der Waals surface area contributed by atoms with E-state index < -0.39 is 0 Å². The lowest BCUT2D eigenvalue weighted by Crippen LogP contribution is -2.13. The van der Waals surface area contributed by atoms with E-state index in [0.29, 0.717) is 32.8 Å². The molecule has 21 heavy (non-hydrogen) atoms. The maximum Gasteiger partial charge on any atom is 0.259 e. The van der Waals surface area contributed by atoms with Crippen LogP contribution in [0.5, 0.6) is 11.5 Å². The summed E-state index contributed by atoms with van der Waals surface area (Å²) in [5, 5.41) is 3.57. The fourth-order valence-electron chi connectivity index (χ4n) is 1.85. The third-order valence-corrected chi connectivity index (χ3v) is 3.37. The summed E-state index contributed by atoms with van der Waals surface area (Å²) in [4.78, 5) is 12.4. The van der Waals surface area contributed by atoms with Gasteiger partial charge in [-0.15, -0.1) is 0 Å². The van der Waals surface area contributed by atoms with Crippen molar-refractivity contribution >= 4 is 34.8 Å². The predicted molar refractivity (Wildman–Crippen MR) is 84.0 cm³/mol. The highest BCUT2D eigenvalue weighted by atomic mass is 35.5. The van der Waals surface area contributed by atoms with Gasteiger partial charge in [-0.1, -0.05) is 29.3 Å². The molecule has 0 bridgehead atoms. The summed E-state index contributed by atoms with van der Waals surface area (Å²) in [6.07, 6.45) is 0. The quantitative estimate of drug-likeness (QED) is 0.913. The molecule has 0 aromatic heterocycles. The van der Waals surface area contributed by atoms with Gasteiger partial charge < -0.3 is 14.8 Å². The van der Waals surface area contributed by atoms with Gasteiger partial charge >= 0.3 is 0 Å². The van der Waals surface area contributed by atoms with Gasteiger partial charge in [-0.2, -0.15) is 0 Å². The number of carbonyl (C=O) groups excluding carboxylic acids is 1. The highest BCUT2D eigenvalue weighted by Crippen LogP contribution is 2.32. The number of para-hydroxylation sites is 1. The second kappa shape index (κ2) is 6.70. The molecule has 0 unspecified atom stereocenters. The molecule has 6 heteroatoms. The molecule has 1 amide bonds. The van der Waals surface area contributed by atoms with Crippen LogP contribution in [0.3, 0.4) is 0 Å². The SMILES string of the molecule is COc1cccc(C(=O)Nc2ccc(Cl)cc2Cl)c1OC. The van der Waals surface area contributed by atoms with E-state index in [-0.39, 0.29) is 5.91 Å². The Kier molecular flexibility index (Phi) is 4.94. The smallest absolute Gasteiger partial charge is 0.259 e. The number of hydrogen-bond acceptors (Lipinski definition) is 3. The normalized spacial score (nSPS) is 10.1. The number of ether oxygens (including phenoxy) is 2. The average molecular weight is 326 g/mol. The molecule has 0 spiro atoms. The van der Waals surface area contributed by atoms with Crippen LogP contribution in [0.25, 0.3) is 0 Å². The fourth-order valence-corrected chi connectivity index (χ4v) is 2.30. The Bertz CT molecular complexity index is 674. The minimum atomic E-state index is -0.352. The fraction of sp³-hybridized carbons (Fsp3) is 0.133. The molecule has 4 nitrogen and oxygen atoms in total. The lowest BCUT2D eigenvalue weighted by Gasteiger charge is -2.13. The molecule has 2 aromatic rings. The van der Waals surface area contributed by atoms with Crippen LogP contribution in [0.4, 0.5) is 5.69 Å². The molecule has 0 fully saturated rings. The van der Waals surface area contributed by atoms with Crippen molar-refractivity contribution in [2.24, 2.45) is 0 Å². The lowest BCUT2D eigenvalue weighted by molar-refractivity contribution is 0.102. The van der Waals surface area contributed by atoms with Crippen LogP contribution >= 0.6 is 23.2 Å². The Morgan fingerprint density at radius 3 is 2.48 bits per heavy atom. The zero-order chi connectivity index (χ0) is 15.4. The van der Waals surface area contributed by atoms with Crippen molar-refractivity contribution in [3.05, 3.63) is 52.0 Å². The molecule has 2 aromatic carbocycles. The van der Waals surface area contributed by atoms with Crippen molar-refractivity contribution in [1.29, 1.82) is 0 Å². The van der Waals surface area contributed by atoms with Crippen LogP contribution < -0.4 is 14.8 Å². The van der Waals surface area contributed by atoms with Gasteiger partial charge in [0.2, 0.25) is 0 Å². The Morgan fingerprint density at radius 2 is 1.86 bits per heavy atom. The van der Waals surface area contributed by atoms with Gasteiger partial charge in [-0.05, 0) is 30.3 Å². The number of halogens is 2. The van der Waals surface area contributed by atoms with Crippen molar-refractivity contribution in [3.8, 4) is 11.5 Å². The molecule has 110 valence electrons. The monoisotopic (exact) mass is 325 g/mol. The minimum absolute atomic E-state index is 0.350. The molecule has 0 aliphatic carbocycles. The zero-order valence-corrected chi connectivity index (χ0v) is 13.0. The minimum Gasteiger partial charge on any atom is -0.493 e. The maximum atomic E-state index is 12.4.